The molecule has 18 heavy (non-hydrogen) atoms. The van der Waals surface area contributed by atoms with E-state index in [9.17, 15) is 0 Å². The van der Waals surface area contributed by atoms with Gasteiger partial charge in [-0.15, -0.1) is 0 Å². The highest BCUT2D eigenvalue weighted by atomic mass is 15.0. The number of aryl methyl sites for hydroxylation is 1. The van der Waals surface area contributed by atoms with Gasteiger partial charge in [-0.05, 0) is 31.9 Å². The van der Waals surface area contributed by atoms with E-state index in [1.807, 2.05) is 6.20 Å². The van der Waals surface area contributed by atoms with E-state index in [1.165, 1.54) is 11.1 Å². The second-order valence-corrected chi connectivity index (χ2v) is 4.60. The summed E-state index contributed by atoms with van der Waals surface area (Å²) in [6.45, 7) is 6.43. The molecule has 0 fully saturated rings. The summed E-state index contributed by atoms with van der Waals surface area (Å²) in [7, 11) is 0. The Balaban J connectivity index is 2.08. The fraction of sp³-hybridized carbons (Fsp3) is 0.333. The van der Waals surface area contributed by atoms with Crippen LogP contribution in [0.3, 0.4) is 0 Å². The van der Waals surface area contributed by atoms with Crippen molar-refractivity contribution in [2.24, 2.45) is 0 Å². The van der Waals surface area contributed by atoms with Crippen molar-refractivity contribution in [3.05, 3.63) is 59.7 Å². The molecule has 2 aromatic rings. The highest BCUT2D eigenvalue weighted by molar-refractivity contribution is 5.28. The Bertz CT molecular complexity index is 496. The predicted octanol–water partition coefficient (Wildman–Crippen LogP) is 3.20. The van der Waals surface area contributed by atoms with E-state index in [-0.39, 0.29) is 6.04 Å². The van der Waals surface area contributed by atoms with Crippen LogP contribution in [0.5, 0.6) is 0 Å². The molecule has 1 heterocycles. The summed E-state index contributed by atoms with van der Waals surface area (Å²) in [6.07, 6.45) is 5.23. The minimum atomic E-state index is 0.188. The van der Waals surface area contributed by atoms with Gasteiger partial charge in [0.05, 0.1) is 5.69 Å². The summed E-state index contributed by atoms with van der Waals surface area (Å²) in [4.78, 5) is 8.42. The summed E-state index contributed by atoms with van der Waals surface area (Å²) in [5.74, 6) is 0. The Hall–Kier alpha value is -1.74. The van der Waals surface area contributed by atoms with E-state index in [1.54, 1.807) is 12.4 Å². The lowest BCUT2D eigenvalue weighted by molar-refractivity contribution is 0.483. The van der Waals surface area contributed by atoms with Gasteiger partial charge in [-0.2, -0.15) is 0 Å². The summed E-state index contributed by atoms with van der Waals surface area (Å²) >= 11 is 0. The maximum Gasteiger partial charge on any atom is 0.0753 e. The lowest BCUT2D eigenvalue weighted by Crippen LogP contribution is -2.23. The molecule has 0 saturated carbocycles. The maximum absolute atomic E-state index is 4.32. The highest BCUT2D eigenvalue weighted by Gasteiger charge is 2.13. The molecule has 2 unspecified atom stereocenters. The first-order chi connectivity index (χ1) is 8.68. The second-order valence-electron chi connectivity index (χ2n) is 4.60. The molecule has 2 atom stereocenters. The molecule has 0 aliphatic carbocycles. The number of nitrogens with zero attached hydrogens (tertiary/aromatic N) is 2. The van der Waals surface area contributed by atoms with Gasteiger partial charge < -0.3 is 5.32 Å². The van der Waals surface area contributed by atoms with E-state index >= 15 is 0 Å². The van der Waals surface area contributed by atoms with Crippen LogP contribution >= 0.6 is 0 Å². The van der Waals surface area contributed by atoms with Gasteiger partial charge in [0.1, 0.15) is 0 Å². The van der Waals surface area contributed by atoms with Crippen molar-refractivity contribution in [2.45, 2.75) is 32.9 Å². The molecule has 0 saturated heterocycles. The van der Waals surface area contributed by atoms with Gasteiger partial charge in [0.25, 0.3) is 0 Å². The molecule has 1 N–H and O–H groups in total. The first-order valence-electron chi connectivity index (χ1n) is 6.26. The zero-order valence-electron chi connectivity index (χ0n) is 11.1. The highest BCUT2D eigenvalue weighted by Crippen LogP contribution is 2.20. The summed E-state index contributed by atoms with van der Waals surface area (Å²) in [5, 5.41) is 3.55. The van der Waals surface area contributed by atoms with Crippen LogP contribution in [0.4, 0.5) is 0 Å². The fourth-order valence-electron chi connectivity index (χ4n) is 2.16. The largest absolute Gasteiger partial charge is 0.302 e. The molecule has 0 aliphatic heterocycles. The third-order valence-electron chi connectivity index (χ3n) is 3.18. The van der Waals surface area contributed by atoms with Gasteiger partial charge >= 0.3 is 0 Å². The van der Waals surface area contributed by atoms with Crippen LogP contribution in [-0.2, 0) is 0 Å². The summed E-state index contributed by atoms with van der Waals surface area (Å²) in [6, 6.07) is 8.93. The number of rotatable bonds is 4. The van der Waals surface area contributed by atoms with E-state index in [0.29, 0.717) is 6.04 Å². The van der Waals surface area contributed by atoms with Crippen molar-refractivity contribution >= 4 is 0 Å². The molecule has 0 aliphatic rings. The third kappa shape index (κ3) is 2.93. The Kier molecular flexibility index (Phi) is 4.05. The predicted molar refractivity (Wildman–Crippen MR) is 73.2 cm³/mol. The molecule has 0 radical (unpaired) electrons. The Morgan fingerprint density at radius 3 is 2.50 bits per heavy atom. The Morgan fingerprint density at radius 1 is 1.06 bits per heavy atom. The van der Waals surface area contributed by atoms with E-state index < -0.39 is 0 Å². The van der Waals surface area contributed by atoms with Crippen molar-refractivity contribution in [3.8, 4) is 0 Å². The quantitative estimate of drug-likeness (QED) is 0.893. The average molecular weight is 241 g/mol. The van der Waals surface area contributed by atoms with Crippen molar-refractivity contribution in [2.75, 3.05) is 0 Å². The monoisotopic (exact) mass is 241 g/mol. The summed E-state index contributed by atoms with van der Waals surface area (Å²) in [5.41, 5.74) is 3.61. The van der Waals surface area contributed by atoms with Gasteiger partial charge in [0.15, 0.2) is 0 Å². The van der Waals surface area contributed by atoms with Crippen LogP contribution in [-0.4, -0.2) is 9.97 Å². The molecule has 2 rings (SSSR count). The number of aromatic nitrogens is 2. The van der Waals surface area contributed by atoms with E-state index in [2.05, 4.69) is 60.3 Å². The molecule has 3 nitrogen and oxygen atoms in total. The van der Waals surface area contributed by atoms with Crippen LogP contribution in [0.2, 0.25) is 0 Å². The average Bonchev–Trinajstić information content (AvgIpc) is 2.40. The summed E-state index contributed by atoms with van der Waals surface area (Å²) < 4.78 is 0. The SMILES string of the molecule is Cc1ccccc1C(C)NC(C)c1cnccn1. The standard InChI is InChI=1S/C15H19N3/c1-11-6-4-5-7-14(11)12(2)18-13(3)15-10-16-8-9-17-15/h4-10,12-13,18H,1-3H3. The fourth-order valence-corrected chi connectivity index (χ4v) is 2.16. The molecule has 94 valence electrons. The van der Waals surface area contributed by atoms with Crippen LogP contribution < -0.4 is 5.32 Å². The van der Waals surface area contributed by atoms with Gasteiger partial charge in [-0.25, -0.2) is 0 Å². The first kappa shape index (κ1) is 12.7. The van der Waals surface area contributed by atoms with Crippen molar-refractivity contribution < 1.29 is 0 Å². The zero-order chi connectivity index (χ0) is 13.0. The van der Waals surface area contributed by atoms with Crippen molar-refractivity contribution in [3.63, 3.8) is 0 Å². The minimum Gasteiger partial charge on any atom is -0.302 e. The van der Waals surface area contributed by atoms with Crippen LogP contribution in [0.15, 0.2) is 42.9 Å². The lowest BCUT2D eigenvalue weighted by atomic mass is 10.0. The van der Waals surface area contributed by atoms with E-state index in [0.717, 1.165) is 5.69 Å². The van der Waals surface area contributed by atoms with Gasteiger partial charge in [-0.1, -0.05) is 24.3 Å². The van der Waals surface area contributed by atoms with Crippen LogP contribution in [0.25, 0.3) is 0 Å². The number of nitrogens with one attached hydrogen (secondary N) is 1. The van der Waals surface area contributed by atoms with Gasteiger partial charge in [-0.3, -0.25) is 9.97 Å². The van der Waals surface area contributed by atoms with Crippen LogP contribution in [0, 0.1) is 6.92 Å². The topological polar surface area (TPSA) is 37.8 Å². The third-order valence-corrected chi connectivity index (χ3v) is 3.18. The molecule has 3 heteroatoms. The lowest BCUT2D eigenvalue weighted by Gasteiger charge is -2.21. The molecule has 0 spiro atoms. The first-order valence-corrected chi connectivity index (χ1v) is 6.26. The number of hydrogen-bond acceptors (Lipinski definition) is 3. The normalized spacial score (nSPS) is 14.2. The molecule has 0 bridgehead atoms. The van der Waals surface area contributed by atoms with Crippen LogP contribution in [0.1, 0.15) is 42.8 Å². The second kappa shape index (κ2) is 5.74. The minimum absolute atomic E-state index is 0.188. The van der Waals surface area contributed by atoms with Gasteiger partial charge in [0.2, 0.25) is 0 Å². The molecular weight excluding hydrogens is 222 g/mol. The number of benzene rings is 1. The maximum atomic E-state index is 4.32. The molecule has 1 aromatic carbocycles. The van der Waals surface area contributed by atoms with E-state index in [4.69, 9.17) is 0 Å². The molecule has 1 aromatic heterocycles. The Labute approximate surface area is 108 Å². The zero-order valence-corrected chi connectivity index (χ0v) is 11.1. The number of hydrogen-bond donors (Lipinski definition) is 1. The smallest absolute Gasteiger partial charge is 0.0753 e. The van der Waals surface area contributed by atoms with Gasteiger partial charge in [0, 0.05) is 30.7 Å². The van der Waals surface area contributed by atoms with Crippen molar-refractivity contribution in [1.82, 2.24) is 15.3 Å². The van der Waals surface area contributed by atoms with Crippen molar-refractivity contribution in [1.29, 1.82) is 0 Å². The Morgan fingerprint density at radius 2 is 1.83 bits per heavy atom. The molecule has 0 amide bonds. The molecular formula is C15H19N3.